The predicted molar refractivity (Wildman–Crippen MR) is 75.5 cm³/mol. The summed E-state index contributed by atoms with van der Waals surface area (Å²) in [7, 11) is 0. The molecule has 1 saturated heterocycles. The molecule has 0 aromatic carbocycles. The van der Waals surface area contributed by atoms with Crippen molar-refractivity contribution >= 4 is 0 Å². The molecule has 1 fully saturated rings. The number of pyridine rings is 1. The topological polar surface area (TPSA) is 28.2 Å². The van der Waals surface area contributed by atoms with Gasteiger partial charge in [0.15, 0.2) is 0 Å². The molecule has 3 heteroatoms. The van der Waals surface area contributed by atoms with Gasteiger partial charge in [-0.2, -0.15) is 0 Å². The standard InChI is InChI=1S/C15H25N3/c1-13(12-18-9-5-6-10-18)11-17-14(2)15-7-3-4-8-16-15/h3-4,7-8,13-14,17H,5-6,9-12H2,1-2H3. The van der Waals surface area contributed by atoms with Crippen LogP contribution in [0.4, 0.5) is 0 Å². The second-order valence-corrected chi connectivity index (χ2v) is 5.50. The maximum atomic E-state index is 4.39. The Bertz CT molecular complexity index is 333. The van der Waals surface area contributed by atoms with Crippen LogP contribution >= 0.6 is 0 Å². The molecule has 2 atom stereocenters. The van der Waals surface area contributed by atoms with E-state index in [1.54, 1.807) is 0 Å². The Morgan fingerprint density at radius 1 is 1.28 bits per heavy atom. The first kappa shape index (κ1) is 13.5. The molecule has 18 heavy (non-hydrogen) atoms. The van der Waals surface area contributed by atoms with Crippen molar-refractivity contribution in [2.75, 3.05) is 26.2 Å². The lowest BCUT2D eigenvalue weighted by Crippen LogP contribution is -2.32. The Kier molecular flexibility index (Phi) is 5.14. The van der Waals surface area contributed by atoms with Gasteiger partial charge >= 0.3 is 0 Å². The molecular formula is C15H25N3. The highest BCUT2D eigenvalue weighted by Crippen LogP contribution is 2.12. The van der Waals surface area contributed by atoms with E-state index in [0.29, 0.717) is 12.0 Å². The summed E-state index contributed by atoms with van der Waals surface area (Å²) in [5, 5.41) is 3.58. The summed E-state index contributed by atoms with van der Waals surface area (Å²) in [6.07, 6.45) is 4.62. The fourth-order valence-electron chi connectivity index (χ4n) is 2.59. The molecule has 0 saturated carbocycles. The van der Waals surface area contributed by atoms with Gasteiger partial charge in [0.25, 0.3) is 0 Å². The lowest BCUT2D eigenvalue weighted by molar-refractivity contribution is 0.278. The fraction of sp³-hybridized carbons (Fsp3) is 0.667. The molecule has 1 aromatic heterocycles. The van der Waals surface area contributed by atoms with Gasteiger partial charge in [0.2, 0.25) is 0 Å². The molecule has 2 heterocycles. The van der Waals surface area contributed by atoms with Crippen LogP contribution in [0.2, 0.25) is 0 Å². The summed E-state index contributed by atoms with van der Waals surface area (Å²) in [4.78, 5) is 6.97. The van der Waals surface area contributed by atoms with Crippen LogP contribution in [0.25, 0.3) is 0 Å². The molecule has 1 aliphatic rings. The minimum absolute atomic E-state index is 0.340. The van der Waals surface area contributed by atoms with E-state index in [2.05, 4.69) is 35.1 Å². The Morgan fingerprint density at radius 3 is 2.72 bits per heavy atom. The maximum absolute atomic E-state index is 4.39. The third kappa shape index (κ3) is 4.07. The molecule has 2 rings (SSSR count). The average molecular weight is 247 g/mol. The third-order valence-electron chi connectivity index (χ3n) is 3.67. The number of aromatic nitrogens is 1. The molecule has 1 aromatic rings. The molecule has 0 aliphatic carbocycles. The van der Waals surface area contributed by atoms with E-state index in [-0.39, 0.29) is 0 Å². The van der Waals surface area contributed by atoms with E-state index in [0.717, 1.165) is 12.2 Å². The van der Waals surface area contributed by atoms with E-state index < -0.39 is 0 Å². The monoisotopic (exact) mass is 247 g/mol. The summed E-state index contributed by atoms with van der Waals surface area (Å²) in [5.74, 6) is 0.703. The van der Waals surface area contributed by atoms with Gasteiger partial charge in [0.05, 0.1) is 5.69 Å². The van der Waals surface area contributed by atoms with Crippen molar-refractivity contribution in [3.05, 3.63) is 30.1 Å². The van der Waals surface area contributed by atoms with Gasteiger partial charge in [-0.15, -0.1) is 0 Å². The van der Waals surface area contributed by atoms with Gasteiger partial charge < -0.3 is 10.2 Å². The van der Waals surface area contributed by atoms with Crippen molar-refractivity contribution < 1.29 is 0 Å². The maximum Gasteiger partial charge on any atom is 0.0570 e. The van der Waals surface area contributed by atoms with Gasteiger partial charge in [0.1, 0.15) is 0 Å². The van der Waals surface area contributed by atoms with Crippen molar-refractivity contribution in [2.24, 2.45) is 5.92 Å². The quantitative estimate of drug-likeness (QED) is 0.837. The molecule has 1 aliphatic heterocycles. The van der Waals surface area contributed by atoms with Gasteiger partial charge in [-0.25, -0.2) is 0 Å². The summed E-state index contributed by atoms with van der Waals surface area (Å²) in [5.41, 5.74) is 1.13. The molecule has 0 radical (unpaired) electrons. The molecule has 100 valence electrons. The molecular weight excluding hydrogens is 222 g/mol. The normalized spacial score (nSPS) is 19.9. The number of nitrogens with one attached hydrogen (secondary N) is 1. The minimum atomic E-state index is 0.340. The summed E-state index contributed by atoms with van der Waals surface area (Å²) in [6, 6.07) is 6.44. The second-order valence-electron chi connectivity index (χ2n) is 5.50. The highest BCUT2D eigenvalue weighted by molar-refractivity contribution is 5.07. The zero-order valence-electron chi connectivity index (χ0n) is 11.6. The highest BCUT2D eigenvalue weighted by Gasteiger charge is 2.15. The Hall–Kier alpha value is -0.930. The molecule has 0 spiro atoms. The van der Waals surface area contributed by atoms with Crippen LogP contribution in [0.5, 0.6) is 0 Å². The highest BCUT2D eigenvalue weighted by atomic mass is 15.1. The van der Waals surface area contributed by atoms with Crippen molar-refractivity contribution in [2.45, 2.75) is 32.7 Å². The Balaban J connectivity index is 1.70. The van der Waals surface area contributed by atoms with Crippen molar-refractivity contribution in [1.29, 1.82) is 0 Å². The zero-order chi connectivity index (χ0) is 12.8. The van der Waals surface area contributed by atoms with Crippen molar-refractivity contribution in [3.8, 4) is 0 Å². The van der Waals surface area contributed by atoms with E-state index in [4.69, 9.17) is 0 Å². The first-order valence-corrected chi connectivity index (χ1v) is 7.12. The Morgan fingerprint density at radius 2 is 2.06 bits per heavy atom. The summed E-state index contributed by atoms with van der Waals surface area (Å²) in [6.45, 7) is 9.39. The predicted octanol–water partition coefficient (Wildman–Crippen LogP) is 2.46. The van der Waals surface area contributed by atoms with E-state index >= 15 is 0 Å². The molecule has 0 amide bonds. The van der Waals surface area contributed by atoms with Crippen LogP contribution < -0.4 is 5.32 Å². The van der Waals surface area contributed by atoms with Crippen LogP contribution in [0.3, 0.4) is 0 Å². The van der Waals surface area contributed by atoms with E-state index in [9.17, 15) is 0 Å². The molecule has 1 N–H and O–H groups in total. The molecule has 3 nitrogen and oxygen atoms in total. The largest absolute Gasteiger partial charge is 0.309 e. The second kappa shape index (κ2) is 6.86. The SMILES string of the molecule is CC(CNC(C)c1ccccn1)CN1CCCC1. The smallest absolute Gasteiger partial charge is 0.0570 e. The summed E-state index contributed by atoms with van der Waals surface area (Å²) >= 11 is 0. The number of hydrogen-bond donors (Lipinski definition) is 1. The minimum Gasteiger partial charge on any atom is -0.309 e. The van der Waals surface area contributed by atoms with Crippen LogP contribution in [0, 0.1) is 5.92 Å². The van der Waals surface area contributed by atoms with E-state index in [1.165, 1.54) is 32.5 Å². The number of nitrogens with zero attached hydrogens (tertiary/aromatic N) is 2. The van der Waals surface area contributed by atoms with Gasteiger partial charge in [0, 0.05) is 18.8 Å². The average Bonchev–Trinajstić information content (AvgIpc) is 2.90. The summed E-state index contributed by atoms with van der Waals surface area (Å²) < 4.78 is 0. The molecule has 0 bridgehead atoms. The van der Waals surface area contributed by atoms with Gasteiger partial charge in [-0.1, -0.05) is 13.0 Å². The fourth-order valence-corrected chi connectivity index (χ4v) is 2.59. The number of rotatable bonds is 6. The number of hydrogen-bond acceptors (Lipinski definition) is 3. The first-order chi connectivity index (χ1) is 8.75. The zero-order valence-corrected chi connectivity index (χ0v) is 11.6. The van der Waals surface area contributed by atoms with Crippen molar-refractivity contribution in [1.82, 2.24) is 15.2 Å². The van der Waals surface area contributed by atoms with Crippen LogP contribution in [0.15, 0.2) is 24.4 Å². The lowest BCUT2D eigenvalue weighted by Gasteiger charge is -2.22. The lowest BCUT2D eigenvalue weighted by atomic mass is 10.1. The first-order valence-electron chi connectivity index (χ1n) is 7.12. The number of likely N-dealkylation sites (tertiary alicyclic amines) is 1. The third-order valence-corrected chi connectivity index (χ3v) is 3.67. The van der Waals surface area contributed by atoms with Gasteiger partial charge in [-0.3, -0.25) is 4.98 Å². The Labute approximate surface area is 111 Å². The van der Waals surface area contributed by atoms with E-state index in [1.807, 2.05) is 18.3 Å². The van der Waals surface area contributed by atoms with Crippen LogP contribution in [0.1, 0.15) is 38.4 Å². The van der Waals surface area contributed by atoms with Crippen molar-refractivity contribution in [3.63, 3.8) is 0 Å². The van der Waals surface area contributed by atoms with Gasteiger partial charge in [-0.05, 0) is 57.5 Å². The van der Waals surface area contributed by atoms with Crippen LogP contribution in [-0.4, -0.2) is 36.1 Å². The molecule has 2 unspecified atom stereocenters. The van der Waals surface area contributed by atoms with Crippen LogP contribution in [-0.2, 0) is 0 Å².